The van der Waals surface area contributed by atoms with Crippen LogP contribution in [0.1, 0.15) is 5.56 Å². The highest BCUT2D eigenvalue weighted by Crippen LogP contribution is 2.20. The van der Waals surface area contributed by atoms with Crippen molar-refractivity contribution in [2.24, 2.45) is 15.3 Å². The second-order valence-corrected chi connectivity index (χ2v) is 5.69. The quantitative estimate of drug-likeness (QED) is 0.206. The van der Waals surface area contributed by atoms with Crippen LogP contribution in [0.4, 0.5) is 22.7 Å². The molecule has 144 valence electrons. The van der Waals surface area contributed by atoms with Crippen LogP contribution in [0.15, 0.2) is 94.2 Å². The minimum atomic E-state index is -0.499. The van der Waals surface area contributed by atoms with Gasteiger partial charge in [-0.2, -0.15) is 5.10 Å². The standard InChI is InChI=1S/C19H14N6O4/c26-24(27)17-11-9-15(10-12-17)20-22-19(14-5-2-1-3-6-14)23-21-16-7-4-8-18(13-16)25(28)29/h1-13,21H. The van der Waals surface area contributed by atoms with Crippen LogP contribution in [0.5, 0.6) is 0 Å². The number of anilines is 1. The molecule has 0 spiro atoms. The Hall–Kier alpha value is -4.47. The van der Waals surface area contributed by atoms with Crippen molar-refractivity contribution in [1.29, 1.82) is 0 Å². The summed E-state index contributed by atoms with van der Waals surface area (Å²) in [6.45, 7) is 0. The molecule has 10 heteroatoms. The summed E-state index contributed by atoms with van der Waals surface area (Å²) in [5, 5.41) is 34.0. The van der Waals surface area contributed by atoms with Gasteiger partial charge in [-0.05, 0) is 18.2 Å². The highest BCUT2D eigenvalue weighted by Gasteiger charge is 2.07. The fraction of sp³-hybridized carbons (Fsp3) is 0. The number of nitrogens with one attached hydrogen (secondary N) is 1. The summed E-state index contributed by atoms with van der Waals surface area (Å²) in [4.78, 5) is 20.6. The number of azo groups is 1. The minimum absolute atomic E-state index is 0.0479. The molecule has 0 radical (unpaired) electrons. The lowest BCUT2D eigenvalue weighted by atomic mass is 10.2. The van der Waals surface area contributed by atoms with Crippen molar-refractivity contribution in [3.8, 4) is 0 Å². The molecule has 3 aromatic carbocycles. The SMILES string of the molecule is O=[N+]([O-])c1ccc(N=NC(=NNc2cccc([N+](=O)[O-])c2)c2ccccc2)cc1. The molecule has 0 aromatic heterocycles. The van der Waals surface area contributed by atoms with Crippen LogP contribution in [0.2, 0.25) is 0 Å². The molecular formula is C19H14N6O4. The van der Waals surface area contributed by atoms with Gasteiger partial charge in [0.2, 0.25) is 5.84 Å². The van der Waals surface area contributed by atoms with Gasteiger partial charge in [-0.1, -0.05) is 36.4 Å². The normalized spacial score (nSPS) is 11.4. The molecule has 0 amide bonds. The van der Waals surface area contributed by atoms with Crippen LogP contribution in [0, 0.1) is 20.2 Å². The van der Waals surface area contributed by atoms with E-state index in [1.807, 2.05) is 6.07 Å². The van der Waals surface area contributed by atoms with Crippen LogP contribution in [-0.4, -0.2) is 15.7 Å². The minimum Gasteiger partial charge on any atom is -0.276 e. The molecule has 0 atom stereocenters. The summed E-state index contributed by atoms with van der Waals surface area (Å²) in [7, 11) is 0. The molecule has 3 rings (SSSR count). The number of nitro groups is 2. The van der Waals surface area contributed by atoms with Crippen LogP contribution < -0.4 is 5.43 Å². The van der Waals surface area contributed by atoms with Crippen molar-refractivity contribution in [2.45, 2.75) is 0 Å². The lowest BCUT2D eigenvalue weighted by Gasteiger charge is -2.03. The first-order valence-electron chi connectivity index (χ1n) is 8.33. The van der Waals surface area contributed by atoms with Crippen molar-refractivity contribution in [3.63, 3.8) is 0 Å². The number of hydrogen-bond acceptors (Lipinski definition) is 7. The summed E-state index contributed by atoms with van der Waals surface area (Å²) in [5.41, 5.74) is 4.11. The summed E-state index contributed by atoms with van der Waals surface area (Å²) >= 11 is 0. The number of non-ortho nitro benzene ring substituents is 2. The summed E-state index contributed by atoms with van der Waals surface area (Å²) in [6, 6.07) is 20.5. The van der Waals surface area contributed by atoms with Gasteiger partial charge in [0.1, 0.15) is 0 Å². The van der Waals surface area contributed by atoms with E-state index in [0.29, 0.717) is 16.9 Å². The van der Waals surface area contributed by atoms with Crippen molar-refractivity contribution in [3.05, 3.63) is 105 Å². The molecule has 0 fully saturated rings. The first-order valence-corrected chi connectivity index (χ1v) is 8.33. The number of hydrazone groups is 1. The summed E-state index contributed by atoms with van der Waals surface area (Å²) < 4.78 is 0. The highest BCUT2D eigenvalue weighted by atomic mass is 16.6. The molecule has 0 aliphatic carbocycles. The van der Waals surface area contributed by atoms with Gasteiger partial charge in [-0.15, -0.1) is 10.2 Å². The molecule has 10 nitrogen and oxygen atoms in total. The number of benzene rings is 3. The van der Waals surface area contributed by atoms with E-state index in [2.05, 4.69) is 20.8 Å². The van der Waals surface area contributed by atoms with E-state index >= 15 is 0 Å². The topological polar surface area (TPSA) is 135 Å². The summed E-state index contributed by atoms with van der Waals surface area (Å²) in [5.74, 6) is 0.232. The predicted octanol–water partition coefficient (Wildman–Crippen LogP) is 5.06. The van der Waals surface area contributed by atoms with Crippen molar-refractivity contribution in [2.75, 3.05) is 5.43 Å². The molecule has 0 aliphatic rings. The Morgan fingerprint density at radius 2 is 1.48 bits per heavy atom. The average molecular weight is 390 g/mol. The number of amidine groups is 1. The third kappa shape index (κ3) is 5.26. The lowest BCUT2D eigenvalue weighted by Crippen LogP contribution is -2.01. The fourth-order valence-electron chi connectivity index (χ4n) is 2.28. The molecule has 1 N–H and O–H groups in total. The second kappa shape index (κ2) is 8.95. The van der Waals surface area contributed by atoms with Gasteiger partial charge in [0, 0.05) is 29.8 Å². The monoisotopic (exact) mass is 390 g/mol. The van der Waals surface area contributed by atoms with E-state index in [9.17, 15) is 20.2 Å². The molecule has 0 saturated carbocycles. The molecule has 0 heterocycles. The van der Waals surface area contributed by atoms with E-state index in [0.717, 1.165) is 0 Å². The predicted molar refractivity (Wildman–Crippen MR) is 107 cm³/mol. The van der Waals surface area contributed by atoms with Gasteiger partial charge in [0.15, 0.2) is 0 Å². The van der Waals surface area contributed by atoms with Gasteiger partial charge in [0.05, 0.1) is 21.2 Å². The first kappa shape index (κ1) is 19.3. The molecule has 0 bridgehead atoms. The zero-order valence-electron chi connectivity index (χ0n) is 14.9. The van der Waals surface area contributed by atoms with Crippen LogP contribution in [0.25, 0.3) is 0 Å². The van der Waals surface area contributed by atoms with E-state index in [1.54, 1.807) is 30.3 Å². The maximum Gasteiger partial charge on any atom is 0.271 e. The maximum absolute atomic E-state index is 10.9. The van der Waals surface area contributed by atoms with Gasteiger partial charge in [-0.25, -0.2) is 0 Å². The van der Waals surface area contributed by atoms with Crippen molar-refractivity contribution in [1.82, 2.24) is 0 Å². The Bertz CT molecular complexity index is 1080. The van der Waals surface area contributed by atoms with E-state index < -0.39 is 9.85 Å². The Morgan fingerprint density at radius 3 is 2.14 bits per heavy atom. The van der Waals surface area contributed by atoms with E-state index in [-0.39, 0.29) is 17.2 Å². The van der Waals surface area contributed by atoms with E-state index in [4.69, 9.17) is 0 Å². The van der Waals surface area contributed by atoms with Gasteiger partial charge in [-0.3, -0.25) is 25.7 Å². The largest absolute Gasteiger partial charge is 0.276 e. The van der Waals surface area contributed by atoms with Crippen molar-refractivity contribution >= 4 is 28.6 Å². The van der Waals surface area contributed by atoms with Gasteiger partial charge in [0.25, 0.3) is 11.4 Å². The number of nitrogens with zero attached hydrogens (tertiary/aromatic N) is 5. The van der Waals surface area contributed by atoms with Crippen LogP contribution in [0.3, 0.4) is 0 Å². The smallest absolute Gasteiger partial charge is 0.271 e. The zero-order chi connectivity index (χ0) is 20.6. The number of nitro benzene ring substituents is 2. The number of hydrogen-bond donors (Lipinski definition) is 1. The van der Waals surface area contributed by atoms with Crippen LogP contribution in [-0.2, 0) is 0 Å². The van der Waals surface area contributed by atoms with Gasteiger partial charge >= 0.3 is 0 Å². The third-order valence-electron chi connectivity index (χ3n) is 3.70. The zero-order valence-corrected chi connectivity index (χ0v) is 14.9. The fourth-order valence-corrected chi connectivity index (χ4v) is 2.28. The molecule has 0 unspecified atom stereocenters. The Kier molecular flexibility index (Phi) is 5.96. The Labute approximate surface area is 164 Å². The Balaban J connectivity index is 1.87. The summed E-state index contributed by atoms with van der Waals surface area (Å²) in [6.07, 6.45) is 0. The van der Waals surface area contributed by atoms with Gasteiger partial charge < -0.3 is 0 Å². The number of rotatable bonds is 6. The van der Waals surface area contributed by atoms with E-state index in [1.165, 1.54) is 42.5 Å². The average Bonchev–Trinajstić information content (AvgIpc) is 2.75. The molecule has 0 aliphatic heterocycles. The third-order valence-corrected chi connectivity index (χ3v) is 3.70. The Morgan fingerprint density at radius 1 is 0.793 bits per heavy atom. The lowest BCUT2D eigenvalue weighted by molar-refractivity contribution is -0.385. The second-order valence-electron chi connectivity index (χ2n) is 5.69. The van der Waals surface area contributed by atoms with Crippen molar-refractivity contribution < 1.29 is 9.85 Å². The first-order chi connectivity index (χ1) is 14.0. The molecular weight excluding hydrogens is 376 g/mol. The highest BCUT2D eigenvalue weighted by molar-refractivity contribution is 5.99. The molecule has 0 saturated heterocycles. The molecule has 29 heavy (non-hydrogen) atoms. The maximum atomic E-state index is 10.9. The molecule has 3 aromatic rings. The van der Waals surface area contributed by atoms with Crippen LogP contribution >= 0.6 is 0 Å².